The Morgan fingerprint density at radius 2 is 1.66 bits per heavy atom. The summed E-state index contributed by atoms with van der Waals surface area (Å²) in [5, 5.41) is 14.8. The number of benzene rings is 3. The number of carboxylic acid groups (broad SMARTS) is 1. The summed E-state index contributed by atoms with van der Waals surface area (Å²) >= 11 is 12.4. The summed E-state index contributed by atoms with van der Waals surface area (Å²) in [6, 6.07) is 16.6. The molecule has 4 rings (SSSR count). The van der Waals surface area contributed by atoms with E-state index >= 15 is 4.39 Å². The number of urea groups is 1. The number of carbonyl (C=O) groups is 3. The van der Waals surface area contributed by atoms with Crippen LogP contribution in [0.5, 0.6) is 5.75 Å². The quantitative estimate of drug-likeness (QED) is 0.283. The first-order chi connectivity index (χ1) is 18.1. The number of anilines is 2. The van der Waals surface area contributed by atoms with E-state index in [0.717, 1.165) is 4.90 Å². The molecule has 38 heavy (non-hydrogen) atoms. The molecule has 1 heterocycles. The minimum absolute atomic E-state index is 0.0890. The molecule has 3 amide bonds. The first kappa shape index (κ1) is 27.2. The van der Waals surface area contributed by atoms with Gasteiger partial charge in [0, 0.05) is 13.0 Å². The molecule has 0 unspecified atom stereocenters. The molecule has 1 fully saturated rings. The summed E-state index contributed by atoms with van der Waals surface area (Å²) in [7, 11) is 0. The number of carbonyl (C=O) groups excluding carboxylic acids is 2. The summed E-state index contributed by atoms with van der Waals surface area (Å²) in [6.45, 7) is -0.137. The molecule has 3 aromatic carbocycles. The monoisotopic (exact) mass is 559 g/mol. The summed E-state index contributed by atoms with van der Waals surface area (Å²) in [5.41, 5.74) is 1.41. The van der Waals surface area contributed by atoms with Crippen LogP contribution < -0.4 is 15.4 Å². The zero-order valence-electron chi connectivity index (χ0n) is 20.0. The van der Waals surface area contributed by atoms with Crippen LogP contribution in [-0.2, 0) is 11.2 Å². The molecule has 8 nitrogen and oxygen atoms in total. The maximum Gasteiger partial charge on any atom is 0.335 e. The highest BCUT2D eigenvalue weighted by atomic mass is 35.5. The van der Waals surface area contributed by atoms with Gasteiger partial charge in [0.2, 0.25) is 11.7 Å². The van der Waals surface area contributed by atoms with E-state index in [-0.39, 0.29) is 36.6 Å². The molecule has 11 heteroatoms. The van der Waals surface area contributed by atoms with Crippen LogP contribution in [0.15, 0.2) is 66.7 Å². The van der Waals surface area contributed by atoms with Gasteiger partial charge in [0.1, 0.15) is 12.4 Å². The number of halogens is 3. The summed E-state index contributed by atoms with van der Waals surface area (Å²) in [5.74, 6) is -3.19. The van der Waals surface area contributed by atoms with Crippen molar-refractivity contribution in [3.8, 4) is 5.75 Å². The molecule has 1 saturated heterocycles. The number of alkyl halides is 1. The van der Waals surface area contributed by atoms with E-state index in [1.807, 2.05) is 0 Å². The fraction of sp³-hybridized carbons (Fsp3) is 0.222. The number of carboxylic acids is 1. The second-order valence-electron chi connectivity index (χ2n) is 8.74. The molecule has 1 aliphatic rings. The van der Waals surface area contributed by atoms with Crippen LogP contribution in [0.1, 0.15) is 28.8 Å². The van der Waals surface area contributed by atoms with Crippen LogP contribution >= 0.6 is 23.2 Å². The number of para-hydroxylation sites is 1. The Kier molecular flexibility index (Phi) is 8.38. The van der Waals surface area contributed by atoms with Gasteiger partial charge >= 0.3 is 12.0 Å². The lowest BCUT2D eigenvalue weighted by Gasteiger charge is -2.31. The largest absolute Gasteiger partial charge is 0.488 e. The standard InChI is InChI=1S/C27H24Cl2FN3O5/c28-20-4-1-2-5-22(20)31-26(37)32-23-11-6-17(14-21(23)29)15-24(34)33-13-3-12-27(33,30)16-38-19-9-7-18(8-10-19)25(35)36/h1-2,4-11,14H,3,12-13,15-16H2,(H,35,36)(H2,31,32,37)/t27-/m1/s1. The second-order valence-corrected chi connectivity index (χ2v) is 9.55. The van der Waals surface area contributed by atoms with Crippen molar-refractivity contribution in [2.24, 2.45) is 0 Å². The van der Waals surface area contributed by atoms with Gasteiger partial charge in [-0.3, -0.25) is 4.79 Å². The first-order valence-electron chi connectivity index (χ1n) is 11.7. The predicted molar refractivity (Wildman–Crippen MR) is 143 cm³/mol. The second kappa shape index (κ2) is 11.7. The van der Waals surface area contributed by atoms with Crippen LogP contribution in [0.2, 0.25) is 10.0 Å². The highest BCUT2D eigenvalue weighted by Gasteiger charge is 2.44. The van der Waals surface area contributed by atoms with Gasteiger partial charge in [-0.2, -0.15) is 0 Å². The number of hydrogen-bond acceptors (Lipinski definition) is 4. The third kappa shape index (κ3) is 6.54. The molecule has 1 atom stereocenters. The van der Waals surface area contributed by atoms with Gasteiger partial charge in [0.05, 0.1) is 33.4 Å². The lowest BCUT2D eigenvalue weighted by molar-refractivity contribution is -0.144. The minimum atomic E-state index is -2.00. The number of nitrogens with zero attached hydrogens (tertiary/aromatic N) is 1. The number of rotatable bonds is 8. The maximum absolute atomic E-state index is 15.7. The van der Waals surface area contributed by atoms with E-state index in [9.17, 15) is 14.4 Å². The zero-order chi connectivity index (χ0) is 27.3. The van der Waals surface area contributed by atoms with E-state index < -0.39 is 23.7 Å². The van der Waals surface area contributed by atoms with E-state index in [0.29, 0.717) is 34.1 Å². The van der Waals surface area contributed by atoms with E-state index in [4.69, 9.17) is 33.0 Å². The molecule has 0 aliphatic carbocycles. The summed E-state index contributed by atoms with van der Waals surface area (Å²) in [6.07, 6.45) is 0.509. The fourth-order valence-corrected chi connectivity index (χ4v) is 4.54. The Morgan fingerprint density at radius 1 is 0.974 bits per heavy atom. The minimum Gasteiger partial charge on any atom is -0.488 e. The van der Waals surface area contributed by atoms with Gasteiger partial charge in [-0.15, -0.1) is 0 Å². The Bertz CT molecular complexity index is 1350. The van der Waals surface area contributed by atoms with Gasteiger partial charge in [-0.1, -0.05) is 41.4 Å². The third-order valence-electron chi connectivity index (χ3n) is 6.05. The van der Waals surface area contributed by atoms with Crippen molar-refractivity contribution in [3.05, 3.63) is 87.9 Å². The van der Waals surface area contributed by atoms with E-state index in [1.54, 1.807) is 42.5 Å². The van der Waals surface area contributed by atoms with Gasteiger partial charge in [-0.05, 0) is 60.5 Å². The van der Waals surface area contributed by atoms with Gasteiger partial charge in [-0.25, -0.2) is 14.0 Å². The van der Waals surface area contributed by atoms with Gasteiger partial charge in [0.15, 0.2) is 0 Å². The lowest BCUT2D eigenvalue weighted by Crippen LogP contribution is -2.48. The average molecular weight is 560 g/mol. The van der Waals surface area contributed by atoms with Crippen LogP contribution in [0.3, 0.4) is 0 Å². The Morgan fingerprint density at radius 3 is 2.32 bits per heavy atom. The Hall–Kier alpha value is -3.82. The van der Waals surface area contributed by atoms with E-state index in [2.05, 4.69) is 10.6 Å². The number of aromatic carboxylic acids is 1. The zero-order valence-corrected chi connectivity index (χ0v) is 21.6. The van der Waals surface area contributed by atoms with Gasteiger partial charge < -0.3 is 25.4 Å². The smallest absolute Gasteiger partial charge is 0.335 e. The number of hydrogen-bond donors (Lipinski definition) is 3. The van der Waals surface area contributed by atoms with Crippen LogP contribution in [0.4, 0.5) is 20.6 Å². The molecule has 0 bridgehead atoms. The molecule has 0 saturated carbocycles. The molecule has 198 valence electrons. The molecule has 3 N–H and O–H groups in total. The van der Waals surface area contributed by atoms with E-state index in [1.165, 1.54) is 24.3 Å². The lowest BCUT2D eigenvalue weighted by atomic mass is 10.1. The number of likely N-dealkylation sites (tertiary alicyclic amines) is 1. The fourth-order valence-electron chi connectivity index (χ4n) is 4.11. The average Bonchev–Trinajstić information content (AvgIpc) is 3.28. The molecule has 0 radical (unpaired) electrons. The topological polar surface area (TPSA) is 108 Å². The molecular weight excluding hydrogens is 536 g/mol. The van der Waals surface area contributed by atoms with Crippen molar-refractivity contribution < 1.29 is 28.6 Å². The Labute approximate surface area is 228 Å². The number of nitrogens with one attached hydrogen (secondary N) is 2. The molecule has 1 aliphatic heterocycles. The molecule has 0 spiro atoms. The van der Waals surface area contributed by atoms with Crippen molar-refractivity contribution in [1.29, 1.82) is 0 Å². The summed E-state index contributed by atoms with van der Waals surface area (Å²) < 4.78 is 21.3. The van der Waals surface area contributed by atoms with Crippen LogP contribution in [-0.4, -0.2) is 46.9 Å². The Balaban J connectivity index is 1.35. The molecular formula is C27H24Cl2FN3O5. The summed E-state index contributed by atoms with van der Waals surface area (Å²) in [4.78, 5) is 37.5. The number of ether oxygens (including phenoxy) is 1. The highest BCUT2D eigenvalue weighted by molar-refractivity contribution is 6.34. The van der Waals surface area contributed by atoms with Crippen molar-refractivity contribution in [1.82, 2.24) is 4.90 Å². The maximum atomic E-state index is 15.7. The van der Waals surface area contributed by atoms with Crippen molar-refractivity contribution in [2.75, 3.05) is 23.8 Å². The van der Waals surface area contributed by atoms with Crippen LogP contribution in [0.25, 0.3) is 0 Å². The number of amides is 3. The molecule has 0 aromatic heterocycles. The normalized spacial score (nSPS) is 16.7. The first-order valence-corrected chi connectivity index (χ1v) is 12.5. The third-order valence-corrected chi connectivity index (χ3v) is 6.69. The molecule has 3 aromatic rings. The highest BCUT2D eigenvalue weighted by Crippen LogP contribution is 2.33. The van der Waals surface area contributed by atoms with Crippen molar-refractivity contribution >= 4 is 52.5 Å². The van der Waals surface area contributed by atoms with Crippen molar-refractivity contribution in [2.45, 2.75) is 25.1 Å². The SMILES string of the molecule is O=C(Nc1ccccc1Cl)Nc1ccc(CC(=O)N2CCC[C@]2(F)COc2ccc(C(=O)O)cc2)cc1Cl. The van der Waals surface area contributed by atoms with Crippen molar-refractivity contribution in [3.63, 3.8) is 0 Å². The van der Waals surface area contributed by atoms with Gasteiger partial charge in [0.25, 0.3) is 0 Å². The van der Waals surface area contributed by atoms with Crippen LogP contribution in [0, 0.1) is 0 Å². The predicted octanol–water partition coefficient (Wildman–Crippen LogP) is 6.25.